The minimum atomic E-state index is 0.219. The van der Waals surface area contributed by atoms with Crippen LogP contribution in [0.25, 0.3) is 0 Å². The Kier molecular flexibility index (Phi) is 2.11. The van der Waals surface area contributed by atoms with Crippen molar-refractivity contribution in [3.05, 3.63) is 17.8 Å². The molecule has 0 bridgehead atoms. The lowest BCUT2D eigenvalue weighted by Crippen LogP contribution is -2.21. The average Bonchev–Trinajstić information content (AvgIpc) is 2.65. The van der Waals surface area contributed by atoms with E-state index in [2.05, 4.69) is 10.2 Å². The van der Waals surface area contributed by atoms with E-state index in [1.54, 1.807) is 12.1 Å². The van der Waals surface area contributed by atoms with Gasteiger partial charge in [0.05, 0.1) is 6.54 Å². The molecular formula is C9H8N4O. The molecule has 5 nitrogen and oxygen atoms in total. The van der Waals surface area contributed by atoms with Gasteiger partial charge in [-0.25, -0.2) is 0 Å². The molecule has 0 aromatic carbocycles. The van der Waals surface area contributed by atoms with Crippen LogP contribution in [-0.4, -0.2) is 29.1 Å². The third kappa shape index (κ3) is 1.55. The van der Waals surface area contributed by atoms with Crippen LogP contribution in [0.3, 0.4) is 0 Å². The van der Waals surface area contributed by atoms with E-state index < -0.39 is 0 Å². The van der Waals surface area contributed by atoms with Crippen molar-refractivity contribution >= 4 is 11.6 Å². The number of carbonyl (C=O) groups is 1. The summed E-state index contributed by atoms with van der Waals surface area (Å²) < 4.78 is 0. The van der Waals surface area contributed by atoms with Crippen LogP contribution < -0.4 is 4.90 Å². The van der Waals surface area contributed by atoms with Crippen LogP contribution in [0.15, 0.2) is 12.1 Å². The highest BCUT2D eigenvalue weighted by Gasteiger charge is 2.20. The first-order valence-corrected chi connectivity index (χ1v) is 4.30. The summed E-state index contributed by atoms with van der Waals surface area (Å²) >= 11 is 0. The molecule has 0 spiro atoms. The summed E-state index contributed by atoms with van der Waals surface area (Å²) in [6.45, 7) is 1.10. The Morgan fingerprint density at radius 1 is 1.43 bits per heavy atom. The Hall–Kier alpha value is -1.96. The summed E-state index contributed by atoms with van der Waals surface area (Å²) in [4.78, 5) is 12.9. The van der Waals surface area contributed by atoms with Crippen LogP contribution in [0.2, 0.25) is 0 Å². The number of Topliss-reactive ketones (excluding diaryl/α,β-unsaturated/α-hetero) is 1. The second-order valence-electron chi connectivity index (χ2n) is 3.10. The molecule has 0 aliphatic carbocycles. The summed E-state index contributed by atoms with van der Waals surface area (Å²) in [6.07, 6.45) is 0.571. The Morgan fingerprint density at radius 3 is 2.79 bits per heavy atom. The number of carbonyl (C=O) groups excluding carboxylic acids is 1. The Balaban J connectivity index is 2.18. The first-order valence-electron chi connectivity index (χ1n) is 4.30. The monoisotopic (exact) mass is 188 g/mol. The lowest BCUT2D eigenvalue weighted by molar-refractivity contribution is -0.116. The molecule has 2 rings (SSSR count). The molecule has 0 saturated carbocycles. The number of hydrogen-bond donors (Lipinski definition) is 0. The zero-order chi connectivity index (χ0) is 9.97. The SMILES string of the molecule is N#Cc1ccc(N2CCC(=O)C2)nn1. The zero-order valence-electron chi connectivity index (χ0n) is 7.47. The minimum absolute atomic E-state index is 0.219. The van der Waals surface area contributed by atoms with E-state index >= 15 is 0 Å². The predicted molar refractivity (Wildman–Crippen MR) is 48.6 cm³/mol. The van der Waals surface area contributed by atoms with Crippen LogP contribution in [0, 0.1) is 11.3 Å². The number of anilines is 1. The minimum Gasteiger partial charge on any atom is -0.347 e. The molecule has 14 heavy (non-hydrogen) atoms. The van der Waals surface area contributed by atoms with Crippen molar-refractivity contribution in [2.24, 2.45) is 0 Å². The topological polar surface area (TPSA) is 69.9 Å². The van der Waals surface area contributed by atoms with Crippen molar-refractivity contribution in [2.45, 2.75) is 6.42 Å². The van der Waals surface area contributed by atoms with E-state index in [4.69, 9.17) is 5.26 Å². The van der Waals surface area contributed by atoms with Crippen molar-refractivity contribution in [3.63, 3.8) is 0 Å². The lowest BCUT2D eigenvalue weighted by Gasteiger charge is -2.13. The van der Waals surface area contributed by atoms with Crippen molar-refractivity contribution < 1.29 is 4.79 Å². The molecule has 0 N–H and O–H groups in total. The summed E-state index contributed by atoms with van der Waals surface area (Å²) in [7, 11) is 0. The Morgan fingerprint density at radius 2 is 2.29 bits per heavy atom. The second kappa shape index (κ2) is 3.42. The molecule has 0 amide bonds. The number of rotatable bonds is 1. The summed E-state index contributed by atoms with van der Waals surface area (Å²) in [5.74, 6) is 0.881. The van der Waals surface area contributed by atoms with E-state index in [-0.39, 0.29) is 5.78 Å². The van der Waals surface area contributed by atoms with Gasteiger partial charge in [-0.2, -0.15) is 5.26 Å². The quantitative estimate of drug-likeness (QED) is 0.626. The van der Waals surface area contributed by atoms with Gasteiger partial charge < -0.3 is 4.90 Å². The van der Waals surface area contributed by atoms with Crippen LogP contribution in [0.5, 0.6) is 0 Å². The van der Waals surface area contributed by atoms with Crippen molar-refractivity contribution in [3.8, 4) is 6.07 Å². The van der Waals surface area contributed by atoms with Crippen molar-refractivity contribution in [2.75, 3.05) is 18.0 Å². The van der Waals surface area contributed by atoms with Crippen LogP contribution >= 0.6 is 0 Å². The zero-order valence-corrected chi connectivity index (χ0v) is 7.47. The molecule has 1 aliphatic heterocycles. The third-order valence-corrected chi connectivity index (χ3v) is 2.12. The predicted octanol–water partition coefficient (Wildman–Crippen LogP) is 0.127. The van der Waals surface area contributed by atoms with E-state index in [1.807, 2.05) is 11.0 Å². The van der Waals surface area contributed by atoms with Gasteiger partial charge in [-0.15, -0.1) is 10.2 Å². The van der Waals surface area contributed by atoms with E-state index in [0.717, 1.165) is 0 Å². The van der Waals surface area contributed by atoms with Gasteiger partial charge in [0.25, 0.3) is 0 Å². The molecule has 1 fully saturated rings. The normalized spacial score (nSPS) is 15.6. The number of hydrogen-bond acceptors (Lipinski definition) is 5. The maximum absolute atomic E-state index is 11.0. The molecule has 1 aromatic rings. The number of ketones is 1. The molecule has 1 aromatic heterocycles. The Labute approximate surface area is 81.0 Å². The van der Waals surface area contributed by atoms with Gasteiger partial charge in [-0.1, -0.05) is 0 Å². The molecule has 0 radical (unpaired) electrons. The summed E-state index contributed by atoms with van der Waals surface area (Å²) in [6, 6.07) is 5.21. The van der Waals surface area contributed by atoms with Gasteiger partial charge in [0.15, 0.2) is 17.3 Å². The standard InChI is InChI=1S/C9H8N4O/c10-5-7-1-2-9(12-11-7)13-4-3-8(14)6-13/h1-2H,3-4,6H2. The van der Waals surface area contributed by atoms with Gasteiger partial charge in [0.2, 0.25) is 0 Å². The second-order valence-corrected chi connectivity index (χ2v) is 3.10. The molecule has 70 valence electrons. The molecule has 2 heterocycles. The molecule has 0 unspecified atom stereocenters. The lowest BCUT2D eigenvalue weighted by atomic mass is 10.4. The third-order valence-electron chi connectivity index (χ3n) is 2.12. The van der Waals surface area contributed by atoms with Gasteiger partial charge in [-0.3, -0.25) is 4.79 Å². The molecule has 0 atom stereocenters. The molecular weight excluding hydrogens is 180 g/mol. The maximum Gasteiger partial charge on any atom is 0.163 e. The summed E-state index contributed by atoms with van der Waals surface area (Å²) in [5, 5.41) is 16.1. The average molecular weight is 188 g/mol. The molecule has 5 heteroatoms. The largest absolute Gasteiger partial charge is 0.347 e. The first kappa shape index (κ1) is 8.63. The van der Waals surface area contributed by atoms with Crippen molar-refractivity contribution in [1.82, 2.24) is 10.2 Å². The van der Waals surface area contributed by atoms with Gasteiger partial charge >= 0.3 is 0 Å². The van der Waals surface area contributed by atoms with Gasteiger partial charge in [-0.05, 0) is 12.1 Å². The van der Waals surface area contributed by atoms with E-state index in [1.165, 1.54) is 0 Å². The van der Waals surface area contributed by atoms with Crippen LogP contribution in [-0.2, 0) is 4.79 Å². The van der Waals surface area contributed by atoms with Gasteiger partial charge in [0.1, 0.15) is 6.07 Å². The number of aromatic nitrogens is 2. The van der Waals surface area contributed by atoms with Gasteiger partial charge in [0, 0.05) is 13.0 Å². The maximum atomic E-state index is 11.0. The smallest absolute Gasteiger partial charge is 0.163 e. The highest BCUT2D eigenvalue weighted by Crippen LogP contribution is 2.14. The van der Waals surface area contributed by atoms with E-state index in [0.29, 0.717) is 31.0 Å². The Bertz CT molecular complexity index is 392. The fraction of sp³-hybridized carbons (Fsp3) is 0.333. The first-order chi connectivity index (χ1) is 6.79. The van der Waals surface area contributed by atoms with Crippen LogP contribution in [0.1, 0.15) is 12.1 Å². The molecule has 1 saturated heterocycles. The molecule has 1 aliphatic rings. The highest BCUT2D eigenvalue weighted by atomic mass is 16.1. The number of nitriles is 1. The number of nitrogens with zero attached hydrogens (tertiary/aromatic N) is 4. The fourth-order valence-corrected chi connectivity index (χ4v) is 1.38. The summed E-state index contributed by atoms with van der Waals surface area (Å²) in [5.41, 5.74) is 0.291. The van der Waals surface area contributed by atoms with Crippen molar-refractivity contribution in [1.29, 1.82) is 5.26 Å². The fourth-order valence-electron chi connectivity index (χ4n) is 1.38. The van der Waals surface area contributed by atoms with E-state index in [9.17, 15) is 4.79 Å². The highest BCUT2D eigenvalue weighted by molar-refractivity contribution is 5.86. The van der Waals surface area contributed by atoms with Crippen LogP contribution in [0.4, 0.5) is 5.82 Å².